The third kappa shape index (κ3) is 1.89. The molecule has 0 aliphatic carbocycles. The number of pyridine rings is 1. The molecule has 15 heavy (non-hydrogen) atoms. The van der Waals surface area contributed by atoms with E-state index in [9.17, 15) is 4.79 Å². The molecule has 0 amide bonds. The first-order chi connectivity index (χ1) is 7.18. The van der Waals surface area contributed by atoms with Gasteiger partial charge in [0.25, 0.3) is 0 Å². The van der Waals surface area contributed by atoms with Crippen molar-refractivity contribution in [2.75, 3.05) is 0 Å². The molecule has 0 fully saturated rings. The molecule has 0 unspecified atom stereocenters. The van der Waals surface area contributed by atoms with Gasteiger partial charge in [0.1, 0.15) is 0 Å². The normalized spacial score (nSPS) is 10.5. The van der Waals surface area contributed by atoms with Gasteiger partial charge in [-0.25, -0.2) is 9.89 Å². The summed E-state index contributed by atoms with van der Waals surface area (Å²) in [6.45, 7) is 2.42. The van der Waals surface area contributed by atoms with E-state index < -0.39 is 0 Å². The molecule has 2 aromatic heterocycles. The van der Waals surface area contributed by atoms with Crippen LogP contribution in [0, 0.1) is 11.7 Å². The fraction of sp³-hybridized carbons (Fsp3) is 0.222. The van der Waals surface area contributed by atoms with Gasteiger partial charge in [-0.15, -0.1) is 0 Å². The van der Waals surface area contributed by atoms with Crippen LogP contribution in [0.1, 0.15) is 11.1 Å². The maximum Gasteiger partial charge on any atom is 0.342 e. The number of aromatic nitrogens is 4. The van der Waals surface area contributed by atoms with Gasteiger partial charge in [0.15, 0.2) is 4.77 Å². The van der Waals surface area contributed by atoms with Crippen LogP contribution in [0.3, 0.4) is 0 Å². The number of aromatic amines is 2. The van der Waals surface area contributed by atoms with E-state index in [1.807, 2.05) is 13.0 Å². The minimum atomic E-state index is -0.226. The first-order valence-electron chi connectivity index (χ1n) is 4.45. The average molecular weight is 222 g/mol. The summed E-state index contributed by atoms with van der Waals surface area (Å²) in [7, 11) is 0. The molecular formula is C9H10N4OS. The van der Waals surface area contributed by atoms with Gasteiger partial charge in [-0.05, 0) is 36.3 Å². The van der Waals surface area contributed by atoms with E-state index >= 15 is 0 Å². The van der Waals surface area contributed by atoms with Crippen molar-refractivity contribution in [3.8, 4) is 0 Å². The summed E-state index contributed by atoms with van der Waals surface area (Å²) in [5.74, 6) is 0. The molecule has 0 saturated heterocycles. The fourth-order valence-corrected chi connectivity index (χ4v) is 1.53. The Morgan fingerprint density at radius 2 is 2.33 bits per heavy atom. The second-order valence-corrected chi connectivity index (χ2v) is 3.64. The van der Waals surface area contributed by atoms with Gasteiger partial charge in [-0.1, -0.05) is 0 Å². The zero-order valence-electron chi connectivity index (χ0n) is 8.15. The van der Waals surface area contributed by atoms with E-state index in [-0.39, 0.29) is 5.69 Å². The van der Waals surface area contributed by atoms with E-state index in [4.69, 9.17) is 12.2 Å². The summed E-state index contributed by atoms with van der Waals surface area (Å²) < 4.78 is 1.87. The van der Waals surface area contributed by atoms with Crippen LogP contribution in [0.5, 0.6) is 0 Å². The molecular weight excluding hydrogens is 212 g/mol. The molecule has 0 spiro atoms. The maximum atomic E-state index is 11.3. The van der Waals surface area contributed by atoms with Crippen LogP contribution >= 0.6 is 12.2 Å². The molecule has 2 aromatic rings. The lowest BCUT2D eigenvalue weighted by atomic mass is 10.1. The highest BCUT2D eigenvalue weighted by Gasteiger charge is 2.03. The van der Waals surface area contributed by atoms with Gasteiger partial charge in [0.2, 0.25) is 0 Å². The maximum absolute atomic E-state index is 11.3. The summed E-state index contributed by atoms with van der Waals surface area (Å²) in [5.41, 5.74) is 1.85. The predicted molar refractivity (Wildman–Crippen MR) is 58.3 cm³/mol. The zero-order chi connectivity index (χ0) is 10.8. The van der Waals surface area contributed by atoms with Crippen molar-refractivity contribution >= 4 is 12.2 Å². The largest absolute Gasteiger partial charge is 0.342 e. The molecule has 0 saturated carbocycles. The lowest BCUT2D eigenvalue weighted by molar-refractivity contribution is 0.745. The Kier molecular flexibility index (Phi) is 2.51. The smallest absolute Gasteiger partial charge is 0.272 e. The second-order valence-electron chi connectivity index (χ2n) is 3.25. The minimum Gasteiger partial charge on any atom is -0.272 e. The molecule has 0 aromatic carbocycles. The third-order valence-corrected chi connectivity index (χ3v) is 2.55. The molecule has 2 heterocycles. The Morgan fingerprint density at radius 3 is 2.93 bits per heavy atom. The standard InChI is InChI=1S/C9H10N4OS/c1-6-4-10-3-2-7(6)5-13-8(14)11-12-9(13)15/h2-4H,5H2,1H3,(H,11,14)(H,12,15). The van der Waals surface area contributed by atoms with Crippen molar-refractivity contribution in [2.45, 2.75) is 13.5 Å². The van der Waals surface area contributed by atoms with Crippen LogP contribution < -0.4 is 5.69 Å². The van der Waals surface area contributed by atoms with Gasteiger partial charge in [-0.3, -0.25) is 14.6 Å². The summed E-state index contributed by atoms with van der Waals surface area (Å²) in [6, 6.07) is 1.88. The first kappa shape index (κ1) is 9.85. The van der Waals surface area contributed by atoms with Gasteiger partial charge in [-0.2, -0.15) is 0 Å². The molecule has 0 atom stereocenters. The van der Waals surface area contributed by atoms with Crippen molar-refractivity contribution in [3.63, 3.8) is 0 Å². The second kappa shape index (κ2) is 3.82. The highest BCUT2D eigenvalue weighted by molar-refractivity contribution is 7.71. The minimum absolute atomic E-state index is 0.226. The monoisotopic (exact) mass is 222 g/mol. The molecule has 6 heteroatoms. The number of hydrogen-bond donors (Lipinski definition) is 2. The van der Waals surface area contributed by atoms with Crippen LogP contribution in [0.2, 0.25) is 0 Å². The van der Waals surface area contributed by atoms with Crippen molar-refractivity contribution in [3.05, 3.63) is 44.8 Å². The number of H-pyrrole nitrogens is 2. The Morgan fingerprint density at radius 1 is 1.53 bits per heavy atom. The summed E-state index contributed by atoms with van der Waals surface area (Å²) >= 11 is 4.98. The number of hydrogen-bond acceptors (Lipinski definition) is 3. The number of aryl methyl sites for hydroxylation is 1. The topological polar surface area (TPSA) is 66.5 Å². The fourth-order valence-electron chi connectivity index (χ4n) is 1.33. The van der Waals surface area contributed by atoms with Gasteiger partial charge in [0.05, 0.1) is 6.54 Å². The number of rotatable bonds is 2. The van der Waals surface area contributed by atoms with E-state index in [2.05, 4.69) is 15.2 Å². The zero-order valence-corrected chi connectivity index (χ0v) is 8.97. The molecule has 2 N–H and O–H groups in total. The summed E-state index contributed by atoms with van der Waals surface area (Å²) in [4.78, 5) is 15.3. The van der Waals surface area contributed by atoms with Crippen LogP contribution in [-0.2, 0) is 6.54 Å². The molecule has 2 rings (SSSR count). The highest BCUT2D eigenvalue weighted by atomic mass is 32.1. The molecule has 0 radical (unpaired) electrons. The lowest BCUT2D eigenvalue weighted by Crippen LogP contribution is -2.18. The van der Waals surface area contributed by atoms with Gasteiger partial charge < -0.3 is 0 Å². The van der Waals surface area contributed by atoms with Crippen LogP contribution in [0.15, 0.2) is 23.3 Å². The van der Waals surface area contributed by atoms with E-state index in [0.717, 1.165) is 11.1 Å². The number of nitrogens with zero attached hydrogens (tertiary/aromatic N) is 2. The lowest BCUT2D eigenvalue weighted by Gasteiger charge is -2.03. The predicted octanol–water partition coefficient (Wildman–Crippen LogP) is 0.986. The third-order valence-electron chi connectivity index (χ3n) is 2.23. The summed E-state index contributed by atoms with van der Waals surface area (Å²) in [5, 5.41) is 5.04. The van der Waals surface area contributed by atoms with Crippen LogP contribution in [-0.4, -0.2) is 19.7 Å². The SMILES string of the molecule is Cc1cnccc1Cn1c(=O)[nH][nH]c1=S. The van der Waals surface area contributed by atoms with Crippen molar-refractivity contribution in [1.29, 1.82) is 0 Å². The summed E-state index contributed by atoms with van der Waals surface area (Å²) in [6.07, 6.45) is 3.46. The van der Waals surface area contributed by atoms with E-state index in [1.54, 1.807) is 12.4 Å². The highest BCUT2D eigenvalue weighted by Crippen LogP contribution is 2.05. The molecule has 5 nitrogen and oxygen atoms in total. The first-order valence-corrected chi connectivity index (χ1v) is 4.86. The molecule has 78 valence electrons. The van der Waals surface area contributed by atoms with E-state index in [0.29, 0.717) is 11.3 Å². The Labute approximate surface area is 90.8 Å². The molecule has 0 bridgehead atoms. The van der Waals surface area contributed by atoms with Gasteiger partial charge >= 0.3 is 5.69 Å². The quantitative estimate of drug-likeness (QED) is 0.744. The molecule has 0 aliphatic rings. The Balaban J connectivity index is 2.42. The van der Waals surface area contributed by atoms with Crippen molar-refractivity contribution in [2.24, 2.45) is 0 Å². The van der Waals surface area contributed by atoms with Crippen molar-refractivity contribution in [1.82, 2.24) is 19.7 Å². The Hall–Kier alpha value is -1.69. The van der Waals surface area contributed by atoms with E-state index in [1.165, 1.54) is 4.57 Å². The van der Waals surface area contributed by atoms with Crippen molar-refractivity contribution < 1.29 is 0 Å². The Bertz CT molecular complexity index is 553. The number of nitrogens with one attached hydrogen (secondary N) is 2. The van der Waals surface area contributed by atoms with Crippen LogP contribution in [0.4, 0.5) is 0 Å². The average Bonchev–Trinajstić information content (AvgIpc) is 2.53. The van der Waals surface area contributed by atoms with Gasteiger partial charge in [0, 0.05) is 12.4 Å². The molecule has 0 aliphatic heterocycles. The van der Waals surface area contributed by atoms with Crippen LogP contribution in [0.25, 0.3) is 0 Å².